The molecular weight excluding hydrogens is 426 g/mol. The minimum Gasteiger partial charge on any atom is -0.447 e. The van der Waals surface area contributed by atoms with E-state index < -0.39 is 0 Å². The normalized spacial score (nSPS) is 16.3. The number of ether oxygens (including phenoxy) is 3. The molecule has 0 bridgehead atoms. The maximum absolute atomic E-state index is 11.7. The van der Waals surface area contributed by atoms with Crippen molar-refractivity contribution in [2.24, 2.45) is 0 Å². The fraction of sp³-hybridized carbons (Fsp3) is 0.897. The summed E-state index contributed by atoms with van der Waals surface area (Å²) in [6, 6.07) is 0. The first-order chi connectivity index (χ1) is 16.8. The molecule has 0 aromatic heterocycles. The Morgan fingerprint density at radius 3 is 2.15 bits per heavy atom. The lowest BCUT2D eigenvalue weighted by atomic mass is 10.0. The van der Waals surface area contributed by atoms with Crippen LogP contribution in [0.3, 0.4) is 0 Å². The van der Waals surface area contributed by atoms with Crippen molar-refractivity contribution in [1.82, 2.24) is 5.32 Å². The summed E-state index contributed by atoms with van der Waals surface area (Å²) in [7, 11) is 0. The second-order valence-corrected chi connectivity index (χ2v) is 9.77. The molecule has 0 amide bonds. The smallest absolute Gasteiger partial charge is 0.331 e. The first-order valence-corrected chi connectivity index (χ1v) is 14.6. The maximum atomic E-state index is 11.7. The molecule has 1 fully saturated rings. The van der Waals surface area contributed by atoms with Crippen LogP contribution in [0, 0.1) is 0 Å². The fourth-order valence-corrected chi connectivity index (χ4v) is 4.29. The van der Waals surface area contributed by atoms with Crippen molar-refractivity contribution in [3.05, 3.63) is 12.2 Å². The van der Waals surface area contributed by atoms with Crippen molar-refractivity contribution in [3.8, 4) is 0 Å². The average molecular weight is 482 g/mol. The summed E-state index contributed by atoms with van der Waals surface area (Å²) in [5.74, 6) is -0.247. The van der Waals surface area contributed by atoms with E-state index in [2.05, 4.69) is 12.2 Å². The predicted molar refractivity (Wildman–Crippen MR) is 142 cm³/mol. The fourth-order valence-electron chi connectivity index (χ4n) is 4.29. The van der Waals surface area contributed by atoms with Gasteiger partial charge in [0.05, 0.1) is 0 Å². The van der Waals surface area contributed by atoms with Gasteiger partial charge in [0.1, 0.15) is 6.73 Å². The van der Waals surface area contributed by atoms with Gasteiger partial charge < -0.3 is 14.2 Å². The van der Waals surface area contributed by atoms with E-state index in [1.807, 2.05) is 6.08 Å². The molecule has 1 heterocycles. The molecule has 1 atom stereocenters. The van der Waals surface area contributed by atoms with Gasteiger partial charge in [-0.2, -0.15) is 0 Å². The van der Waals surface area contributed by atoms with Gasteiger partial charge in [0.25, 0.3) is 0 Å². The molecule has 1 saturated heterocycles. The summed E-state index contributed by atoms with van der Waals surface area (Å²) in [5, 5.41) is 3.17. The van der Waals surface area contributed by atoms with Gasteiger partial charge >= 0.3 is 5.97 Å². The van der Waals surface area contributed by atoms with E-state index >= 15 is 0 Å². The van der Waals surface area contributed by atoms with Crippen LogP contribution in [0.1, 0.15) is 135 Å². The number of carbonyl (C=O) groups excluding carboxylic acids is 1. The predicted octanol–water partition coefficient (Wildman–Crippen LogP) is 7.83. The molecule has 0 aromatic rings. The highest BCUT2D eigenvalue weighted by Crippen LogP contribution is 2.14. The van der Waals surface area contributed by atoms with E-state index in [0.717, 1.165) is 64.7 Å². The van der Waals surface area contributed by atoms with Gasteiger partial charge in [0, 0.05) is 19.3 Å². The highest BCUT2D eigenvalue weighted by molar-refractivity contribution is 5.81. The number of hydrogen-bond acceptors (Lipinski definition) is 5. The van der Waals surface area contributed by atoms with Crippen molar-refractivity contribution in [1.29, 1.82) is 0 Å². The zero-order valence-electron chi connectivity index (χ0n) is 22.3. The molecule has 200 valence electrons. The summed E-state index contributed by atoms with van der Waals surface area (Å²) >= 11 is 0. The summed E-state index contributed by atoms with van der Waals surface area (Å²) in [5.41, 5.74) is 0. The van der Waals surface area contributed by atoms with Crippen molar-refractivity contribution in [2.75, 3.05) is 26.5 Å². The third kappa shape index (κ3) is 21.6. The minimum atomic E-state index is -0.247. The molecule has 0 spiro atoms. The van der Waals surface area contributed by atoms with E-state index in [4.69, 9.17) is 14.2 Å². The third-order valence-electron chi connectivity index (χ3n) is 6.48. The Kier molecular flexibility index (Phi) is 23.1. The lowest BCUT2D eigenvalue weighted by Gasteiger charge is -2.22. The SMILES string of the molecule is CCCCCCCCCCCCCCC/C=C/C(=O)OCNCCCCCOC1CCCCO1. The Morgan fingerprint density at radius 2 is 1.50 bits per heavy atom. The zero-order valence-corrected chi connectivity index (χ0v) is 22.3. The number of esters is 1. The van der Waals surface area contributed by atoms with Gasteiger partial charge in [0.15, 0.2) is 6.29 Å². The molecule has 5 nitrogen and oxygen atoms in total. The topological polar surface area (TPSA) is 56.8 Å². The first kappa shape index (κ1) is 31.1. The highest BCUT2D eigenvalue weighted by atomic mass is 16.7. The third-order valence-corrected chi connectivity index (χ3v) is 6.48. The Morgan fingerprint density at radius 1 is 0.853 bits per heavy atom. The molecule has 0 aliphatic carbocycles. The van der Waals surface area contributed by atoms with Crippen molar-refractivity contribution in [3.63, 3.8) is 0 Å². The molecule has 1 aliphatic rings. The standard InChI is InChI=1S/C29H55NO4/c1-2-3-4-5-6-7-8-9-10-11-12-13-14-15-17-22-28(31)34-27-30-24-19-16-20-25-32-29-23-18-21-26-33-29/h17,22,29-30H,2-16,18-21,23-27H2,1H3/b22-17+. The van der Waals surface area contributed by atoms with Crippen molar-refractivity contribution < 1.29 is 19.0 Å². The van der Waals surface area contributed by atoms with Crippen molar-refractivity contribution >= 4 is 5.97 Å². The van der Waals surface area contributed by atoms with Crippen LogP contribution in [-0.4, -0.2) is 38.7 Å². The Labute approximate surface area is 210 Å². The number of rotatable bonds is 24. The van der Waals surface area contributed by atoms with Gasteiger partial charge in [-0.25, -0.2) is 4.79 Å². The Hall–Kier alpha value is -0.910. The summed E-state index contributed by atoms with van der Waals surface area (Å²) in [6.07, 6.45) is 28.9. The van der Waals surface area contributed by atoms with Crippen LogP contribution >= 0.6 is 0 Å². The number of hydrogen-bond donors (Lipinski definition) is 1. The summed E-state index contributed by atoms with van der Waals surface area (Å²) in [4.78, 5) is 11.7. The van der Waals surface area contributed by atoms with Gasteiger partial charge in [-0.1, -0.05) is 90.0 Å². The van der Waals surface area contributed by atoms with Crippen LogP contribution in [0.25, 0.3) is 0 Å². The quantitative estimate of drug-likeness (QED) is 0.0659. The van der Waals surface area contributed by atoms with E-state index in [1.54, 1.807) is 6.08 Å². The Balaban J connectivity index is 1.74. The number of nitrogens with one attached hydrogen (secondary N) is 1. The molecule has 5 heteroatoms. The van der Waals surface area contributed by atoms with E-state index in [0.29, 0.717) is 0 Å². The van der Waals surface area contributed by atoms with E-state index in [-0.39, 0.29) is 19.0 Å². The summed E-state index contributed by atoms with van der Waals surface area (Å²) in [6.45, 7) is 5.02. The monoisotopic (exact) mass is 481 g/mol. The molecular formula is C29H55NO4. The zero-order chi connectivity index (χ0) is 24.4. The number of unbranched alkanes of at least 4 members (excludes halogenated alkanes) is 15. The number of allylic oxidation sites excluding steroid dienone is 1. The molecule has 1 rings (SSSR count). The van der Waals surface area contributed by atoms with Crippen LogP contribution in [0.5, 0.6) is 0 Å². The lowest BCUT2D eigenvalue weighted by Crippen LogP contribution is -2.23. The number of carbonyl (C=O) groups is 1. The van der Waals surface area contributed by atoms with Gasteiger partial charge in [-0.3, -0.25) is 5.32 Å². The van der Waals surface area contributed by atoms with Crippen molar-refractivity contribution in [2.45, 2.75) is 142 Å². The largest absolute Gasteiger partial charge is 0.447 e. The van der Waals surface area contributed by atoms with Crippen LogP contribution < -0.4 is 5.32 Å². The van der Waals surface area contributed by atoms with E-state index in [9.17, 15) is 4.79 Å². The average Bonchev–Trinajstić information content (AvgIpc) is 2.86. The molecule has 34 heavy (non-hydrogen) atoms. The Bertz CT molecular complexity index is 463. The molecule has 0 radical (unpaired) electrons. The van der Waals surface area contributed by atoms with Gasteiger partial charge in [-0.15, -0.1) is 0 Å². The van der Waals surface area contributed by atoms with Crippen LogP contribution in [0.4, 0.5) is 0 Å². The maximum Gasteiger partial charge on any atom is 0.331 e. The van der Waals surface area contributed by atoms with Gasteiger partial charge in [0.2, 0.25) is 0 Å². The molecule has 1 unspecified atom stereocenters. The lowest BCUT2D eigenvalue weighted by molar-refractivity contribution is -0.162. The minimum absolute atomic E-state index is 0.0175. The molecule has 0 aromatic carbocycles. The second-order valence-electron chi connectivity index (χ2n) is 9.77. The van der Waals surface area contributed by atoms with Crippen LogP contribution in [-0.2, 0) is 19.0 Å². The molecule has 0 saturated carbocycles. The molecule has 1 aliphatic heterocycles. The first-order valence-electron chi connectivity index (χ1n) is 14.6. The summed E-state index contributed by atoms with van der Waals surface area (Å²) < 4.78 is 16.5. The van der Waals surface area contributed by atoms with Crippen LogP contribution in [0.15, 0.2) is 12.2 Å². The second kappa shape index (κ2) is 25.2. The van der Waals surface area contributed by atoms with Gasteiger partial charge in [-0.05, 0) is 57.9 Å². The van der Waals surface area contributed by atoms with Crippen LogP contribution in [0.2, 0.25) is 0 Å². The molecule has 1 N–H and O–H groups in total. The highest BCUT2D eigenvalue weighted by Gasteiger charge is 2.13. The van der Waals surface area contributed by atoms with E-state index in [1.165, 1.54) is 83.5 Å².